The van der Waals surface area contributed by atoms with E-state index in [1.54, 1.807) is 27.8 Å². The van der Waals surface area contributed by atoms with Crippen molar-refractivity contribution in [3.05, 3.63) is 66.3 Å². The number of benzene rings is 1. The topological polar surface area (TPSA) is 69.7 Å². The highest BCUT2D eigenvalue weighted by molar-refractivity contribution is 5.61. The van der Waals surface area contributed by atoms with Crippen molar-refractivity contribution in [2.75, 3.05) is 24.7 Å². The van der Waals surface area contributed by atoms with Crippen molar-refractivity contribution >= 4 is 11.5 Å². The summed E-state index contributed by atoms with van der Waals surface area (Å²) in [6, 6.07) is 5.16. The van der Waals surface area contributed by atoms with Crippen molar-refractivity contribution < 1.29 is 18.3 Å². The molecule has 0 amide bonds. The maximum Gasteiger partial charge on any atom is 0.183 e. The fraction of sp³-hybridized carbons (Fsp3) is 0.318. The molecule has 4 aromatic rings. The summed E-state index contributed by atoms with van der Waals surface area (Å²) in [5.41, 5.74) is 1.65. The van der Waals surface area contributed by atoms with Gasteiger partial charge in [0.15, 0.2) is 11.4 Å². The van der Waals surface area contributed by atoms with E-state index in [9.17, 15) is 8.78 Å². The van der Waals surface area contributed by atoms with Crippen LogP contribution in [0, 0.1) is 11.6 Å². The zero-order valence-electron chi connectivity index (χ0n) is 17.1. The van der Waals surface area contributed by atoms with Gasteiger partial charge in [0.2, 0.25) is 0 Å². The van der Waals surface area contributed by atoms with Crippen molar-refractivity contribution in [3.63, 3.8) is 0 Å². The van der Waals surface area contributed by atoms with Gasteiger partial charge in [0.1, 0.15) is 29.2 Å². The van der Waals surface area contributed by atoms with E-state index in [1.807, 2.05) is 17.2 Å². The fourth-order valence-corrected chi connectivity index (χ4v) is 4.28. The molecule has 2 fully saturated rings. The lowest BCUT2D eigenvalue weighted by molar-refractivity contribution is -0.0796. The van der Waals surface area contributed by atoms with Crippen LogP contribution in [0.15, 0.2) is 49.1 Å². The van der Waals surface area contributed by atoms with Crippen LogP contribution in [-0.4, -0.2) is 50.2 Å². The second-order valence-corrected chi connectivity index (χ2v) is 8.00. The molecule has 0 radical (unpaired) electrons. The zero-order chi connectivity index (χ0) is 21.7. The Bertz CT molecular complexity index is 1280. The number of rotatable bonds is 5. The third kappa shape index (κ3) is 3.27. The van der Waals surface area contributed by atoms with Crippen LogP contribution < -0.4 is 9.64 Å². The minimum atomic E-state index is -0.445. The predicted octanol–water partition coefficient (Wildman–Crippen LogP) is 3.31. The van der Waals surface area contributed by atoms with Gasteiger partial charge in [-0.1, -0.05) is 0 Å². The van der Waals surface area contributed by atoms with E-state index in [0.717, 1.165) is 18.9 Å². The van der Waals surface area contributed by atoms with Gasteiger partial charge in [-0.3, -0.25) is 0 Å². The molecule has 3 aromatic heterocycles. The van der Waals surface area contributed by atoms with E-state index in [2.05, 4.69) is 10.2 Å². The summed E-state index contributed by atoms with van der Waals surface area (Å²) in [6.07, 6.45) is 8.57. The van der Waals surface area contributed by atoms with Crippen LogP contribution in [0.3, 0.4) is 0 Å². The predicted molar refractivity (Wildman–Crippen MR) is 111 cm³/mol. The number of aromatic nitrogens is 5. The van der Waals surface area contributed by atoms with Gasteiger partial charge >= 0.3 is 0 Å². The molecule has 0 bridgehead atoms. The molecular weight excluding hydrogens is 418 g/mol. The van der Waals surface area contributed by atoms with E-state index < -0.39 is 11.6 Å². The number of ether oxygens (including phenoxy) is 2. The number of fused-ring (bicyclic) bond motifs is 1. The van der Waals surface area contributed by atoms with Crippen LogP contribution in [-0.2, 0) is 4.74 Å². The molecule has 32 heavy (non-hydrogen) atoms. The van der Waals surface area contributed by atoms with E-state index in [-0.39, 0.29) is 12.1 Å². The van der Waals surface area contributed by atoms with Gasteiger partial charge in [-0.25, -0.2) is 23.0 Å². The molecule has 6 rings (SSSR count). The highest BCUT2D eigenvalue weighted by atomic mass is 19.1. The summed E-state index contributed by atoms with van der Waals surface area (Å²) in [4.78, 5) is 6.82. The van der Waals surface area contributed by atoms with Crippen molar-refractivity contribution in [1.82, 2.24) is 24.4 Å². The molecule has 10 heteroatoms. The van der Waals surface area contributed by atoms with Crippen LogP contribution in [0.25, 0.3) is 11.3 Å². The van der Waals surface area contributed by atoms with Crippen LogP contribution >= 0.6 is 0 Å². The number of halogens is 2. The molecule has 0 saturated carbocycles. The normalized spacial score (nSPS) is 18.9. The van der Waals surface area contributed by atoms with Crippen molar-refractivity contribution in [3.8, 4) is 11.4 Å². The molecule has 2 saturated heterocycles. The molecule has 164 valence electrons. The highest BCUT2D eigenvalue weighted by Crippen LogP contribution is 2.37. The number of anilines is 1. The fourth-order valence-electron chi connectivity index (χ4n) is 4.28. The second kappa shape index (κ2) is 7.56. The Hall–Kier alpha value is -3.53. The Balaban J connectivity index is 1.34. The average molecular weight is 438 g/mol. The molecule has 5 heterocycles. The van der Waals surface area contributed by atoms with Gasteiger partial charge in [-0.05, 0) is 37.1 Å². The molecule has 0 N–H and O–H groups in total. The minimum Gasteiger partial charge on any atom is -0.482 e. The van der Waals surface area contributed by atoms with Gasteiger partial charge in [0.05, 0.1) is 37.8 Å². The number of hydrogen-bond donors (Lipinski definition) is 0. The summed E-state index contributed by atoms with van der Waals surface area (Å²) < 4.78 is 42.5. The molecule has 8 nitrogen and oxygen atoms in total. The first-order valence-corrected chi connectivity index (χ1v) is 10.5. The molecule has 0 aliphatic carbocycles. The first-order valence-electron chi connectivity index (χ1n) is 10.5. The summed E-state index contributed by atoms with van der Waals surface area (Å²) in [5, 5.41) is 8.75. The van der Waals surface area contributed by atoms with Crippen molar-refractivity contribution in [2.45, 2.75) is 25.0 Å². The Labute approximate surface area is 182 Å². The Morgan fingerprint density at radius 3 is 2.84 bits per heavy atom. The lowest BCUT2D eigenvalue weighted by Crippen LogP contribution is -2.38. The standard InChI is InChI=1S/C22H20F2N6O2/c23-14-3-4-18(24)17(8-14)19-2-1-6-28(19)21-5-7-29-22(27-21)20(10-26-29)30-11-15(9-25-30)32-16-12-31-13-16/h3-5,7-11,16,19H,1-2,6,12-13H2. The van der Waals surface area contributed by atoms with Crippen LogP contribution in [0.5, 0.6) is 5.75 Å². The first-order chi connectivity index (χ1) is 15.7. The van der Waals surface area contributed by atoms with Crippen LogP contribution in [0.1, 0.15) is 24.4 Å². The highest BCUT2D eigenvalue weighted by Gasteiger charge is 2.30. The monoisotopic (exact) mass is 438 g/mol. The molecule has 1 atom stereocenters. The van der Waals surface area contributed by atoms with E-state index >= 15 is 0 Å². The molecule has 1 unspecified atom stereocenters. The van der Waals surface area contributed by atoms with Gasteiger partial charge in [0.25, 0.3) is 0 Å². The first kappa shape index (κ1) is 19.2. The molecule has 1 aromatic carbocycles. The number of nitrogens with zero attached hydrogens (tertiary/aromatic N) is 6. The summed E-state index contributed by atoms with van der Waals surface area (Å²) in [6.45, 7) is 1.86. The SMILES string of the molecule is Fc1ccc(F)c(C2CCCN2c2ccn3ncc(-n4cc(OC5COC5)cn4)c3n2)c1. The molecular formula is C22H20F2N6O2. The second-order valence-electron chi connectivity index (χ2n) is 8.00. The van der Waals surface area contributed by atoms with E-state index in [4.69, 9.17) is 14.5 Å². The third-order valence-corrected chi connectivity index (χ3v) is 5.92. The van der Waals surface area contributed by atoms with Gasteiger partial charge in [0, 0.05) is 18.3 Å². The van der Waals surface area contributed by atoms with Crippen LogP contribution in [0.2, 0.25) is 0 Å². The largest absolute Gasteiger partial charge is 0.482 e. The summed E-state index contributed by atoms with van der Waals surface area (Å²) in [5.74, 6) is 0.478. The third-order valence-electron chi connectivity index (χ3n) is 5.92. The van der Waals surface area contributed by atoms with Crippen molar-refractivity contribution in [1.29, 1.82) is 0 Å². The Kier molecular flexibility index (Phi) is 4.53. The maximum atomic E-state index is 14.5. The summed E-state index contributed by atoms with van der Waals surface area (Å²) >= 11 is 0. The van der Waals surface area contributed by atoms with Gasteiger partial charge in [-0.2, -0.15) is 10.2 Å². The Morgan fingerprint density at radius 2 is 2.00 bits per heavy atom. The van der Waals surface area contributed by atoms with Crippen molar-refractivity contribution in [2.24, 2.45) is 0 Å². The quantitative estimate of drug-likeness (QED) is 0.476. The smallest absolute Gasteiger partial charge is 0.183 e. The Morgan fingerprint density at radius 1 is 1.09 bits per heavy atom. The zero-order valence-corrected chi connectivity index (χ0v) is 17.1. The van der Waals surface area contributed by atoms with Gasteiger partial charge < -0.3 is 14.4 Å². The summed E-state index contributed by atoms with van der Waals surface area (Å²) in [7, 11) is 0. The maximum absolute atomic E-state index is 14.5. The minimum absolute atomic E-state index is 0.0524. The average Bonchev–Trinajstić information content (AvgIpc) is 3.51. The van der Waals surface area contributed by atoms with Crippen LogP contribution in [0.4, 0.5) is 14.6 Å². The lowest BCUT2D eigenvalue weighted by atomic mass is 10.0. The van der Waals surface area contributed by atoms with Gasteiger partial charge in [-0.15, -0.1) is 0 Å². The molecule has 2 aliphatic heterocycles. The molecule has 0 spiro atoms. The molecule has 2 aliphatic rings. The van der Waals surface area contributed by atoms with E-state index in [0.29, 0.717) is 48.2 Å². The lowest BCUT2D eigenvalue weighted by Gasteiger charge is -2.26. The van der Waals surface area contributed by atoms with E-state index in [1.165, 1.54) is 12.1 Å². The number of hydrogen-bond acceptors (Lipinski definition) is 6.